The van der Waals surface area contributed by atoms with E-state index in [1.807, 2.05) is 0 Å². The van der Waals surface area contributed by atoms with Crippen LogP contribution in [0.15, 0.2) is 0 Å². The molecule has 4 nitrogen and oxygen atoms in total. The number of esters is 1. The van der Waals surface area contributed by atoms with Crippen LogP contribution in [-0.2, 0) is 14.3 Å². The molecule has 0 saturated heterocycles. The largest absolute Gasteiger partial charge is 0.469 e. The van der Waals surface area contributed by atoms with Gasteiger partial charge in [-0.3, -0.25) is 9.59 Å². The summed E-state index contributed by atoms with van der Waals surface area (Å²) >= 11 is 1.33. The first-order valence-electron chi connectivity index (χ1n) is 3.09. The Kier molecular flexibility index (Phi) is 5.64. The van der Waals surface area contributed by atoms with Crippen LogP contribution in [0, 0.1) is 0 Å². The average molecular weight is 177 g/mol. The summed E-state index contributed by atoms with van der Waals surface area (Å²) in [5.74, 6) is 0.217. The Hall–Kier alpha value is -0.710. The third kappa shape index (κ3) is 7.18. The molecule has 1 amide bonds. The standard InChI is InChI=1S/C6H11NO3S/c1-10-6(9)2-3-11-4-5(7)8/h2-4H2,1H3,(H2,7,8). The van der Waals surface area contributed by atoms with Gasteiger partial charge in [-0.1, -0.05) is 0 Å². The fourth-order valence-electron chi connectivity index (χ4n) is 0.430. The Balaban J connectivity index is 3.14. The summed E-state index contributed by atoms with van der Waals surface area (Å²) in [7, 11) is 1.33. The maximum absolute atomic E-state index is 10.5. The van der Waals surface area contributed by atoms with Gasteiger partial charge in [0.1, 0.15) is 0 Å². The van der Waals surface area contributed by atoms with Crippen molar-refractivity contribution in [2.45, 2.75) is 6.42 Å². The van der Waals surface area contributed by atoms with E-state index >= 15 is 0 Å². The fourth-order valence-corrected chi connectivity index (χ4v) is 1.09. The van der Waals surface area contributed by atoms with Gasteiger partial charge in [0.15, 0.2) is 0 Å². The molecular formula is C6H11NO3S. The molecule has 0 fully saturated rings. The van der Waals surface area contributed by atoms with Crippen molar-refractivity contribution < 1.29 is 14.3 Å². The summed E-state index contributed by atoms with van der Waals surface area (Å²) in [6, 6.07) is 0. The SMILES string of the molecule is COC(=O)CCSCC(N)=O. The highest BCUT2D eigenvalue weighted by Crippen LogP contribution is 2.01. The zero-order valence-corrected chi connectivity index (χ0v) is 7.15. The lowest BCUT2D eigenvalue weighted by molar-refractivity contribution is -0.140. The normalized spacial score (nSPS) is 9.18. The molecular weight excluding hydrogens is 166 g/mol. The molecule has 0 saturated carbocycles. The van der Waals surface area contributed by atoms with Crippen molar-refractivity contribution in [3.05, 3.63) is 0 Å². The maximum atomic E-state index is 10.5. The molecule has 64 valence electrons. The summed E-state index contributed by atoms with van der Waals surface area (Å²) < 4.78 is 4.39. The Morgan fingerprint density at radius 1 is 1.55 bits per heavy atom. The van der Waals surface area contributed by atoms with E-state index in [4.69, 9.17) is 5.73 Å². The molecule has 0 bridgehead atoms. The fraction of sp³-hybridized carbons (Fsp3) is 0.667. The van der Waals surface area contributed by atoms with Crippen LogP contribution in [-0.4, -0.2) is 30.5 Å². The Bertz CT molecular complexity index is 149. The quantitative estimate of drug-likeness (QED) is 0.465. The number of carbonyl (C=O) groups is 2. The van der Waals surface area contributed by atoms with Gasteiger partial charge in [-0.15, -0.1) is 0 Å². The van der Waals surface area contributed by atoms with Crippen molar-refractivity contribution in [2.75, 3.05) is 18.6 Å². The van der Waals surface area contributed by atoms with Crippen LogP contribution in [0.5, 0.6) is 0 Å². The lowest BCUT2D eigenvalue weighted by Crippen LogP contribution is -2.14. The predicted octanol–water partition coefficient (Wildman–Crippen LogP) is -0.232. The van der Waals surface area contributed by atoms with E-state index in [1.54, 1.807) is 0 Å². The van der Waals surface area contributed by atoms with E-state index in [1.165, 1.54) is 18.9 Å². The minimum Gasteiger partial charge on any atom is -0.469 e. The van der Waals surface area contributed by atoms with E-state index in [2.05, 4.69) is 4.74 Å². The monoisotopic (exact) mass is 177 g/mol. The van der Waals surface area contributed by atoms with Crippen molar-refractivity contribution in [3.8, 4) is 0 Å². The van der Waals surface area contributed by atoms with Crippen molar-refractivity contribution in [2.24, 2.45) is 5.73 Å². The highest BCUT2D eigenvalue weighted by molar-refractivity contribution is 7.99. The molecule has 0 aromatic carbocycles. The smallest absolute Gasteiger partial charge is 0.306 e. The molecule has 0 heterocycles. The Labute approximate surface area is 69.5 Å². The Morgan fingerprint density at radius 3 is 2.64 bits per heavy atom. The Morgan fingerprint density at radius 2 is 2.18 bits per heavy atom. The average Bonchev–Trinajstić information content (AvgIpc) is 1.97. The molecule has 0 aromatic rings. The van der Waals surface area contributed by atoms with E-state index in [0.717, 1.165) is 0 Å². The summed E-state index contributed by atoms with van der Waals surface area (Å²) in [5.41, 5.74) is 4.87. The molecule has 0 aliphatic rings. The van der Waals surface area contributed by atoms with Crippen LogP contribution in [0.1, 0.15) is 6.42 Å². The zero-order valence-electron chi connectivity index (χ0n) is 6.33. The summed E-state index contributed by atoms with van der Waals surface area (Å²) in [4.78, 5) is 20.7. The number of carbonyl (C=O) groups excluding carboxylic acids is 2. The van der Waals surface area contributed by atoms with Gasteiger partial charge in [-0.25, -0.2) is 0 Å². The number of nitrogens with two attached hydrogens (primary N) is 1. The van der Waals surface area contributed by atoms with Crippen LogP contribution in [0.25, 0.3) is 0 Å². The highest BCUT2D eigenvalue weighted by atomic mass is 32.2. The molecule has 2 N–H and O–H groups in total. The van der Waals surface area contributed by atoms with Gasteiger partial charge >= 0.3 is 5.97 Å². The van der Waals surface area contributed by atoms with Crippen molar-refractivity contribution in [1.82, 2.24) is 0 Å². The van der Waals surface area contributed by atoms with E-state index < -0.39 is 0 Å². The number of hydrogen-bond acceptors (Lipinski definition) is 4. The second-order valence-electron chi connectivity index (χ2n) is 1.85. The maximum Gasteiger partial charge on any atom is 0.306 e. The first-order valence-corrected chi connectivity index (χ1v) is 4.25. The lowest BCUT2D eigenvalue weighted by Gasteiger charge is -1.97. The first-order chi connectivity index (χ1) is 5.16. The van der Waals surface area contributed by atoms with Gasteiger partial charge in [0, 0.05) is 5.75 Å². The molecule has 0 unspecified atom stereocenters. The molecule has 0 aliphatic carbocycles. The third-order valence-electron chi connectivity index (χ3n) is 0.923. The molecule has 0 aromatic heterocycles. The van der Waals surface area contributed by atoms with Crippen LogP contribution in [0.2, 0.25) is 0 Å². The zero-order chi connectivity index (χ0) is 8.69. The topological polar surface area (TPSA) is 69.4 Å². The second kappa shape index (κ2) is 6.03. The van der Waals surface area contributed by atoms with Gasteiger partial charge in [0.05, 0.1) is 19.3 Å². The van der Waals surface area contributed by atoms with Gasteiger partial charge in [-0.2, -0.15) is 11.8 Å². The van der Waals surface area contributed by atoms with Crippen LogP contribution in [0.4, 0.5) is 0 Å². The molecule has 0 atom stereocenters. The van der Waals surface area contributed by atoms with Crippen molar-refractivity contribution in [3.63, 3.8) is 0 Å². The predicted molar refractivity (Wildman–Crippen MR) is 43.2 cm³/mol. The van der Waals surface area contributed by atoms with Crippen LogP contribution >= 0.6 is 11.8 Å². The number of primary amides is 1. The van der Waals surface area contributed by atoms with Gasteiger partial charge in [-0.05, 0) is 0 Å². The van der Waals surface area contributed by atoms with Gasteiger partial charge in [0.2, 0.25) is 5.91 Å². The first kappa shape index (κ1) is 10.3. The van der Waals surface area contributed by atoms with Crippen LogP contribution < -0.4 is 5.73 Å². The van der Waals surface area contributed by atoms with Crippen LogP contribution in [0.3, 0.4) is 0 Å². The summed E-state index contributed by atoms with van der Waals surface area (Å²) in [6.07, 6.45) is 0.328. The van der Waals surface area contributed by atoms with E-state index in [-0.39, 0.29) is 17.6 Å². The summed E-state index contributed by atoms with van der Waals surface area (Å²) in [6.45, 7) is 0. The minimum atomic E-state index is -0.361. The molecule has 5 heteroatoms. The van der Waals surface area contributed by atoms with E-state index in [0.29, 0.717) is 12.2 Å². The van der Waals surface area contributed by atoms with Gasteiger partial charge in [0.25, 0.3) is 0 Å². The molecule has 0 spiro atoms. The number of rotatable bonds is 5. The number of hydrogen-bond donors (Lipinski definition) is 1. The molecule has 0 aliphatic heterocycles. The number of thioether (sulfide) groups is 1. The van der Waals surface area contributed by atoms with Gasteiger partial charge < -0.3 is 10.5 Å². The second-order valence-corrected chi connectivity index (χ2v) is 2.95. The molecule has 11 heavy (non-hydrogen) atoms. The lowest BCUT2D eigenvalue weighted by atomic mass is 10.5. The summed E-state index contributed by atoms with van der Waals surface area (Å²) in [5, 5.41) is 0. The van der Waals surface area contributed by atoms with Crippen molar-refractivity contribution in [1.29, 1.82) is 0 Å². The number of amides is 1. The minimum absolute atomic E-state index is 0.261. The van der Waals surface area contributed by atoms with Crippen molar-refractivity contribution >= 4 is 23.6 Å². The molecule has 0 radical (unpaired) electrons. The highest BCUT2D eigenvalue weighted by Gasteiger charge is 2.00. The third-order valence-corrected chi connectivity index (χ3v) is 1.90. The number of methoxy groups -OCH3 is 1. The number of ether oxygens (including phenoxy) is 1. The van der Waals surface area contributed by atoms with E-state index in [9.17, 15) is 9.59 Å². The molecule has 0 rings (SSSR count).